The van der Waals surface area contributed by atoms with Gasteiger partial charge in [-0.3, -0.25) is 10.3 Å². The number of rotatable bonds is 5. The second-order valence-electron chi connectivity index (χ2n) is 5.75. The molecule has 3 N–H and O–H groups in total. The first-order valence-electron chi connectivity index (χ1n) is 6.66. The third kappa shape index (κ3) is 2.24. The molecule has 2 fully saturated rings. The number of hydrogen-bond donors (Lipinski definition) is 2. The van der Waals surface area contributed by atoms with Crippen molar-refractivity contribution in [2.75, 3.05) is 13.6 Å². The normalized spacial score (nSPS) is 34.6. The maximum absolute atomic E-state index is 7.60. The first-order valence-corrected chi connectivity index (χ1v) is 6.66. The fraction of sp³-hybridized carbons (Fsp3) is 0.923. The van der Waals surface area contributed by atoms with Gasteiger partial charge in [0.25, 0.3) is 0 Å². The third-order valence-corrected chi connectivity index (χ3v) is 4.68. The van der Waals surface area contributed by atoms with Gasteiger partial charge in [-0.2, -0.15) is 0 Å². The van der Waals surface area contributed by atoms with Gasteiger partial charge in [0.05, 0.1) is 6.04 Å². The Hall–Kier alpha value is -0.570. The molecule has 3 nitrogen and oxygen atoms in total. The Labute approximate surface area is 98.9 Å². The molecule has 0 aromatic rings. The quantitative estimate of drug-likeness (QED) is 0.554. The highest BCUT2D eigenvalue weighted by molar-refractivity contribution is 5.82. The first-order chi connectivity index (χ1) is 7.61. The van der Waals surface area contributed by atoms with Crippen molar-refractivity contribution in [3.8, 4) is 0 Å². The van der Waals surface area contributed by atoms with E-state index in [1.165, 1.54) is 25.7 Å². The highest BCUT2D eigenvalue weighted by Crippen LogP contribution is 2.48. The zero-order valence-corrected chi connectivity index (χ0v) is 10.6. The van der Waals surface area contributed by atoms with Gasteiger partial charge in [0.15, 0.2) is 0 Å². The monoisotopic (exact) mass is 223 g/mol. The molecule has 0 saturated heterocycles. The van der Waals surface area contributed by atoms with E-state index in [-0.39, 0.29) is 6.04 Å². The van der Waals surface area contributed by atoms with E-state index in [1.54, 1.807) is 0 Å². The summed E-state index contributed by atoms with van der Waals surface area (Å²) < 4.78 is 0. The molecule has 2 aliphatic carbocycles. The Morgan fingerprint density at radius 3 is 2.62 bits per heavy atom. The largest absolute Gasteiger partial charge is 0.386 e. The van der Waals surface area contributed by atoms with Crippen LogP contribution in [0.4, 0.5) is 0 Å². The number of hydrogen-bond acceptors (Lipinski definition) is 2. The van der Waals surface area contributed by atoms with E-state index in [0.717, 1.165) is 30.7 Å². The zero-order valence-electron chi connectivity index (χ0n) is 10.6. The molecule has 4 atom stereocenters. The molecule has 0 aromatic carbocycles. The lowest BCUT2D eigenvalue weighted by Gasteiger charge is -2.31. The van der Waals surface area contributed by atoms with E-state index >= 15 is 0 Å². The summed E-state index contributed by atoms with van der Waals surface area (Å²) in [7, 11) is 2.13. The fourth-order valence-corrected chi connectivity index (χ4v) is 3.87. The Morgan fingerprint density at radius 2 is 2.19 bits per heavy atom. The second kappa shape index (κ2) is 4.74. The van der Waals surface area contributed by atoms with Crippen molar-refractivity contribution in [3.63, 3.8) is 0 Å². The van der Waals surface area contributed by atoms with Crippen molar-refractivity contribution in [1.82, 2.24) is 4.90 Å². The molecule has 0 heterocycles. The summed E-state index contributed by atoms with van der Waals surface area (Å²) in [6.45, 7) is 3.25. The summed E-state index contributed by atoms with van der Waals surface area (Å²) in [6, 6.07) is 0.152. The zero-order chi connectivity index (χ0) is 11.7. The van der Waals surface area contributed by atoms with Crippen LogP contribution < -0.4 is 5.73 Å². The molecule has 2 aliphatic rings. The van der Waals surface area contributed by atoms with Crippen LogP contribution in [0.25, 0.3) is 0 Å². The van der Waals surface area contributed by atoms with Crippen LogP contribution >= 0.6 is 0 Å². The van der Waals surface area contributed by atoms with Gasteiger partial charge in [-0.15, -0.1) is 0 Å². The number of nitrogens with two attached hydrogens (primary N) is 1. The smallest absolute Gasteiger partial charge is 0.108 e. The van der Waals surface area contributed by atoms with E-state index in [0.29, 0.717) is 5.84 Å². The Kier molecular flexibility index (Phi) is 3.53. The number of fused-ring (bicyclic) bond motifs is 2. The summed E-state index contributed by atoms with van der Waals surface area (Å²) in [5, 5.41) is 7.60. The van der Waals surface area contributed by atoms with Crippen molar-refractivity contribution in [1.29, 1.82) is 5.41 Å². The Bertz CT molecular complexity index is 264. The first kappa shape index (κ1) is 11.9. The highest BCUT2D eigenvalue weighted by atomic mass is 15.1. The second-order valence-corrected chi connectivity index (χ2v) is 5.75. The summed E-state index contributed by atoms with van der Waals surface area (Å²) in [6.07, 6.45) is 6.75. The lowest BCUT2D eigenvalue weighted by Crippen LogP contribution is -2.44. The van der Waals surface area contributed by atoms with Gasteiger partial charge in [-0.1, -0.05) is 13.3 Å². The summed E-state index contributed by atoms with van der Waals surface area (Å²) >= 11 is 0. The predicted molar refractivity (Wildman–Crippen MR) is 67.6 cm³/mol. The maximum atomic E-state index is 7.60. The third-order valence-electron chi connectivity index (χ3n) is 4.68. The Balaban J connectivity index is 1.87. The van der Waals surface area contributed by atoms with Gasteiger partial charge in [0.1, 0.15) is 5.84 Å². The number of nitrogens with zero attached hydrogens (tertiary/aromatic N) is 1. The molecular weight excluding hydrogens is 198 g/mol. The van der Waals surface area contributed by atoms with Crippen molar-refractivity contribution in [3.05, 3.63) is 0 Å². The molecule has 0 radical (unpaired) electrons. The average molecular weight is 223 g/mol. The minimum Gasteiger partial charge on any atom is -0.386 e. The van der Waals surface area contributed by atoms with Crippen molar-refractivity contribution in [2.45, 2.75) is 45.1 Å². The van der Waals surface area contributed by atoms with Crippen LogP contribution in [0.3, 0.4) is 0 Å². The lowest BCUT2D eigenvalue weighted by atomic mass is 9.88. The van der Waals surface area contributed by atoms with Crippen molar-refractivity contribution >= 4 is 5.84 Å². The highest BCUT2D eigenvalue weighted by Gasteiger charge is 2.40. The molecule has 16 heavy (non-hydrogen) atoms. The van der Waals surface area contributed by atoms with E-state index < -0.39 is 0 Å². The van der Waals surface area contributed by atoms with Crippen LogP contribution in [-0.4, -0.2) is 30.4 Å². The summed E-state index contributed by atoms with van der Waals surface area (Å²) in [4.78, 5) is 2.30. The topological polar surface area (TPSA) is 53.1 Å². The minimum absolute atomic E-state index is 0.152. The van der Waals surface area contributed by atoms with E-state index in [1.807, 2.05) is 0 Å². The molecule has 2 saturated carbocycles. The van der Waals surface area contributed by atoms with Gasteiger partial charge in [-0.25, -0.2) is 0 Å². The molecule has 4 unspecified atom stereocenters. The van der Waals surface area contributed by atoms with Gasteiger partial charge in [-0.05, 0) is 50.5 Å². The summed E-state index contributed by atoms with van der Waals surface area (Å²) in [5.41, 5.74) is 5.64. The number of likely N-dealkylation sites (N-methyl/N-ethyl adjacent to an activating group) is 1. The molecule has 3 heteroatoms. The number of nitrogens with one attached hydrogen (secondary N) is 1. The van der Waals surface area contributed by atoms with E-state index in [2.05, 4.69) is 18.9 Å². The molecule has 92 valence electrons. The molecule has 0 amide bonds. The minimum atomic E-state index is 0.152. The van der Waals surface area contributed by atoms with Gasteiger partial charge in [0.2, 0.25) is 0 Å². The van der Waals surface area contributed by atoms with E-state index in [4.69, 9.17) is 11.1 Å². The molecule has 0 spiro atoms. The number of amidine groups is 1. The van der Waals surface area contributed by atoms with Gasteiger partial charge in [0, 0.05) is 6.54 Å². The average Bonchev–Trinajstić information content (AvgIpc) is 2.79. The molecular formula is C13H25N3. The predicted octanol–water partition coefficient (Wildman–Crippen LogP) is 2.07. The van der Waals surface area contributed by atoms with Crippen LogP contribution in [0.5, 0.6) is 0 Å². The van der Waals surface area contributed by atoms with Gasteiger partial charge < -0.3 is 5.73 Å². The van der Waals surface area contributed by atoms with Crippen LogP contribution in [0.2, 0.25) is 0 Å². The van der Waals surface area contributed by atoms with Crippen molar-refractivity contribution in [2.24, 2.45) is 23.5 Å². The van der Waals surface area contributed by atoms with Crippen LogP contribution in [-0.2, 0) is 0 Å². The molecule has 0 aromatic heterocycles. The standard InChI is InChI=1S/C13H25N3/c1-3-12(13(14)15)16(2)8-11-7-9-4-5-10(11)6-9/h9-12H,3-8H2,1-2H3,(H3,14,15). The summed E-state index contributed by atoms with van der Waals surface area (Å²) in [5.74, 6) is 3.18. The fourth-order valence-electron chi connectivity index (χ4n) is 3.87. The van der Waals surface area contributed by atoms with E-state index in [9.17, 15) is 0 Å². The van der Waals surface area contributed by atoms with Crippen LogP contribution in [0.15, 0.2) is 0 Å². The van der Waals surface area contributed by atoms with Crippen LogP contribution in [0, 0.1) is 23.2 Å². The van der Waals surface area contributed by atoms with Gasteiger partial charge >= 0.3 is 0 Å². The Morgan fingerprint density at radius 1 is 1.44 bits per heavy atom. The maximum Gasteiger partial charge on any atom is 0.108 e. The van der Waals surface area contributed by atoms with Crippen molar-refractivity contribution < 1.29 is 0 Å². The SMILES string of the molecule is CCC(C(=N)N)N(C)CC1CC2CCC1C2. The lowest BCUT2D eigenvalue weighted by molar-refractivity contribution is 0.198. The molecule has 2 bridgehead atoms. The van der Waals surface area contributed by atoms with Crippen LogP contribution in [0.1, 0.15) is 39.0 Å². The molecule has 0 aliphatic heterocycles. The molecule has 2 rings (SSSR count).